The van der Waals surface area contributed by atoms with Gasteiger partial charge in [-0.25, -0.2) is 9.78 Å². The standard InChI is InChI=1S/C12H19N3O2S/c1-8-9(2)18-11(14-8)6-13-12(17)15-5-3-4-10(15)7-16/h10,16H,3-7H2,1-2H3,(H,13,17)/t10-/m1/s1. The molecule has 1 aliphatic heterocycles. The molecule has 1 aliphatic rings. The predicted molar refractivity (Wildman–Crippen MR) is 70.6 cm³/mol. The molecule has 5 nitrogen and oxygen atoms in total. The Kier molecular flexibility index (Phi) is 4.19. The van der Waals surface area contributed by atoms with Gasteiger partial charge in [-0.15, -0.1) is 11.3 Å². The Morgan fingerprint density at radius 1 is 1.61 bits per heavy atom. The number of nitrogens with zero attached hydrogens (tertiary/aromatic N) is 2. The van der Waals surface area contributed by atoms with Gasteiger partial charge < -0.3 is 15.3 Å². The highest BCUT2D eigenvalue weighted by Gasteiger charge is 2.27. The number of thiazole rings is 1. The van der Waals surface area contributed by atoms with E-state index in [1.807, 2.05) is 13.8 Å². The first-order chi connectivity index (χ1) is 8.61. The maximum atomic E-state index is 12.0. The van der Waals surface area contributed by atoms with Crippen molar-refractivity contribution < 1.29 is 9.90 Å². The minimum atomic E-state index is -0.0999. The van der Waals surface area contributed by atoms with Gasteiger partial charge in [0.05, 0.1) is 24.9 Å². The third kappa shape index (κ3) is 2.81. The molecule has 0 bridgehead atoms. The van der Waals surface area contributed by atoms with Gasteiger partial charge in [0, 0.05) is 11.4 Å². The predicted octanol–water partition coefficient (Wildman–Crippen LogP) is 1.43. The fraction of sp³-hybridized carbons (Fsp3) is 0.667. The molecule has 1 aromatic rings. The van der Waals surface area contributed by atoms with Crippen molar-refractivity contribution in [2.24, 2.45) is 0 Å². The van der Waals surface area contributed by atoms with Crippen LogP contribution in [0.5, 0.6) is 0 Å². The molecule has 2 N–H and O–H groups in total. The second kappa shape index (κ2) is 5.67. The molecular formula is C12H19N3O2S. The number of aryl methyl sites for hydroxylation is 2. The first kappa shape index (κ1) is 13.3. The summed E-state index contributed by atoms with van der Waals surface area (Å²) in [4.78, 5) is 19.2. The molecule has 18 heavy (non-hydrogen) atoms. The van der Waals surface area contributed by atoms with Crippen LogP contribution in [0.4, 0.5) is 4.79 Å². The van der Waals surface area contributed by atoms with Gasteiger partial charge in [0.25, 0.3) is 0 Å². The highest BCUT2D eigenvalue weighted by molar-refractivity contribution is 7.11. The Morgan fingerprint density at radius 3 is 3.00 bits per heavy atom. The molecule has 0 aromatic carbocycles. The minimum absolute atomic E-state index is 0.0234. The summed E-state index contributed by atoms with van der Waals surface area (Å²) in [6.45, 7) is 5.24. The van der Waals surface area contributed by atoms with Gasteiger partial charge >= 0.3 is 6.03 Å². The Balaban J connectivity index is 1.88. The van der Waals surface area contributed by atoms with Gasteiger partial charge in [-0.1, -0.05) is 0 Å². The van der Waals surface area contributed by atoms with E-state index in [1.54, 1.807) is 16.2 Å². The second-order valence-corrected chi connectivity index (χ2v) is 5.87. The Morgan fingerprint density at radius 2 is 2.39 bits per heavy atom. The van der Waals surface area contributed by atoms with Gasteiger partial charge in [0.2, 0.25) is 0 Å². The van der Waals surface area contributed by atoms with Crippen LogP contribution in [0.1, 0.15) is 28.4 Å². The number of hydrogen-bond acceptors (Lipinski definition) is 4. The maximum absolute atomic E-state index is 12.0. The molecule has 1 saturated heterocycles. The summed E-state index contributed by atoms with van der Waals surface area (Å²) in [6, 6.07) is -0.123. The maximum Gasteiger partial charge on any atom is 0.318 e. The van der Waals surface area contributed by atoms with Gasteiger partial charge in [0.1, 0.15) is 5.01 Å². The summed E-state index contributed by atoms with van der Waals surface area (Å²) in [5.41, 5.74) is 1.03. The second-order valence-electron chi connectivity index (χ2n) is 4.58. The summed E-state index contributed by atoms with van der Waals surface area (Å²) >= 11 is 1.61. The Hall–Kier alpha value is -1.14. The molecule has 6 heteroatoms. The van der Waals surface area contributed by atoms with Crippen molar-refractivity contribution in [3.05, 3.63) is 15.6 Å². The van der Waals surface area contributed by atoms with Crippen LogP contribution in [-0.4, -0.2) is 40.2 Å². The molecule has 100 valence electrons. The quantitative estimate of drug-likeness (QED) is 0.872. The largest absolute Gasteiger partial charge is 0.394 e. The van der Waals surface area contributed by atoms with Gasteiger partial charge in [0.15, 0.2) is 0 Å². The number of amides is 2. The number of carbonyl (C=O) groups excluding carboxylic acids is 1. The van der Waals surface area contributed by atoms with Crippen LogP contribution in [0.2, 0.25) is 0 Å². The number of rotatable bonds is 3. The van der Waals surface area contributed by atoms with E-state index in [2.05, 4.69) is 10.3 Å². The summed E-state index contributed by atoms with van der Waals surface area (Å²) in [7, 11) is 0. The number of aliphatic hydroxyl groups is 1. The SMILES string of the molecule is Cc1nc(CNC(=O)N2CCC[C@@H]2CO)sc1C. The average molecular weight is 269 g/mol. The fourth-order valence-electron chi connectivity index (χ4n) is 2.16. The lowest BCUT2D eigenvalue weighted by Gasteiger charge is -2.22. The molecule has 2 amide bonds. The van der Waals surface area contributed by atoms with Crippen molar-refractivity contribution in [1.29, 1.82) is 0 Å². The molecule has 1 aromatic heterocycles. The zero-order chi connectivity index (χ0) is 13.1. The van der Waals surface area contributed by atoms with Gasteiger partial charge in [-0.05, 0) is 26.7 Å². The van der Waals surface area contributed by atoms with E-state index in [4.69, 9.17) is 0 Å². The minimum Gasteiger partial charge on any atom is -0.394 e. The molecule has 0 unspecified atom stereocenters. The number of carbonyl (C=O) groups is 1. The molecule has 1 fully saturated rings. The highest BCUT2D eigenvalue weighted by Crippen LogP contribution is 2.18. The zero-order valence-electron chi connectivity index (χ0n) is 10.8. The molecule has 0 aliphatic carbocycles. The van der Waals surface area contributed by atoms with Crippen LogP contribution in [0.15, 0.2) is 0 Å². The molecular weight excluding hydrogens is 250 g/mol. The van der Waals surface area contributed by atoms with Crippen molar-refractivity contribution in [3.63, 3.8) is 0 Å². The summed E-state index contributed by atoms with van der Waals surface area (Å²) in [6.07, 6.45) is 1.85. The average Bonchev–Trinajstić information content (AvgIpc) is 2.94. The van der Waals surface area contributed by atoms with E-state index in [9.17, 15) is 9.90 Å². The molecule has 1 atom stereocenters. The highest BCUT2D eigenvalue weighted by atomic mass is 32.1. The van der Waals surface area contributed by atoms with Crippen molar-refractivity contribution >= 4 is 17.4 Å². The van der Waals surface area contributed by atoms with Crippen LogP contribution >= 0.6 is 11.3 Å². The lowest BCUT2D eigenvalue weighted by molar-refractivity contribution is 0.157. The van der Waals surface area contributed by atoms with Crippen molar-refractivity contribution in [3.8, 4) is 0 Å². The van der Waals surface area contributed by atoms with Gasteiger partial charge in [-0.3, -0.25) is 0 Å². The summed E-state index contributed by atoms with van der Waals surface area (Å²) in [5.74, 6) is 0. The molecule has 2 rings (SSSR count). The van der Waals surface area contributed by atoms with E-state index >= 15 is 0 Å². The molecule has 0 spiro atoms. The third-order valence-corrected chi connectivity index (χ3v) is 4.39. The van der Waals surface area contributed by atoms with Crippen molar-refractivity contribution in [1.82, 2.24) is 15.2 Å². The smallest absolute Gasteiger partial charge is 0.318 e. The lowest BCUT2D eigenvalue weighted by Crippen LogP contribution is -2.43. The summed E-state index contributed by atoms with van der Waals surface area (Å²) in [5, 5.41) is 13.0. The first-order valence-corrected chi connectivity index (χ1v) is 7.01. The Bertz CT molecular complexity index is 413. The number of urea groups is 1. The van der Waals surface area contributed by atoms with Crippen LogP contribution in [0.3, 0.4) is 0 Å². The third-order valence-electron chi connectivity index (χ3n) is 3.31. The number of nitrogens with one attached hydrogen (secondary N) is 1. The lowest BCUT2D eigenvalue weighted by atomic mass is 10.2. The van der Waals surface area contributed by atoms with E-state index in [0.29, 0.717) is 6.54 Å². The van der Waals surface area contributed by atoms with Gasteiger partial charge in [-0.2, -0.15) is 0 Å². The van der Waals surface area contributed by atoms with Crippen LogP contribution < -0.4 is 5.32 Å². The molecule has 0 radical (unpaired) electrons. The zero-order valence-corrected chi connectivity index (χ0v) is 11.6. The number of hydrogen-bond donors (Lipinski definition) is 2. The fourth-order valence-corrected chi connectivity index (χ4v) is 3.03. The molecule has 2 heterocycles. The first-order valence-electron chi connectivity index (χ1n) is 6.20. The number of likely N-dealkylation sites (tertiary alicyclic amines) is 1. The van der Waals surface area contributed by atoms with E-state index < -0.39 is 0 Å². The Labute approximate surface area is 111 Å². The van der Waals surface area contributed by atoms with Crippen molar-refractivity contribution in [2.45, 2.75) is 39.3 Å². The van der Waals surface area contributed by atoms with Crippen LogP contribution in [0.25, 0.3) is 0 Å². The normalized spacial score (nSPS) is 19.3. The summed E-state index contributed by atoms with van der Waals surface area (Å²) < 4.78 is 0. The monoisotopic (exact) mass is 269 g/mol. The van der Waals surface area contributed by atoms with Crippen molar-refractivity contribution in [2.75, 3.05) is 13.2 Å². The topological polar surface area (TPSA) is 65.5 Å². The number of aliphatic hydroxyl groups excluding tert-OH is 1. The number of aromatic nitrogens is 1. The van der Waals surface area contributed by atoms with Crippen LogP contribution in [-0.2, 0) is 6.54 Å². The van der Waals surface area contributed by atoms with E-state index in [-0.39, 0.29) is 18.7 Å². The van der Waals surface area contributed by atoms with E-state index in [0.717, 1.165) is 30.1 Å². The molecule has 0 saturated carbocycles. The van der Waals surface area contributed by atoms with E-state index in [1.165, 1.54) is 4.88 Å². The van der Waals surface area contributed by atoms with Crippen LogP contribution in [0, 0.1) is 13.8 Å².